The van der Waals surface area contributed by atoms with E-state index in [4.69, 9.17) is 23.7 Å². The molecule has 1 aliphatic heterocycles. The minimum absolute atomic E-state index is 0.0451. The van der Waals surface area contributed by atoms with Gasteiger partial charge in [0.2, 0.25) is 18.3 Å². The third-order valence-electron chi connectivity index (χ3n) is 7.29. The zero-order chi connectivity index (χ0) is 24.7. The summed E-state index contributed by atoms with van der Waals surface area (Å²) in [7, 11) is 3.06. The molecule has 0 amide bonds. The van der Waals surface area contributed by atoms with Crippen LogP contribution in [0.1, 0.15) is 47.9 Å². The largest absolute Gasteiger partial charge is 0.493 e. The molecule has 2 aliphatic carbocycles. The third-order valence-corrected chi connectivity index (χ3v) is 7.29. The Morgan fingerprint density at radius 1 is 1.09 bits per heavy atom. The van der Waals surface area contributed by atoms with Crippen LogP contribution in [0.25, 0.3) is 0 Å². The maximum absolute atomic E-state index is 13.2. The molecule has 2 aromatic carbocycles. The summed E-state index contributed by atoms with van der Waals surface area (Å²) in [6.45, 7) is 4.26. The molecule has 0 N–H and O–H groups in total. The van der Waals surface area contributed by atoms with Crippen molar-refractivity contribution in [3.63, 3.8) is 0 Å². The highest BCUT2D eigenvalue weighted by Crippen LogP contribution is 2.57. The highest BCUT2D eigenvalue weighted by atomic mass is 16.7. The molecular weight excluding hydrogens is 448 g/mol. The molecule has 7 nitrogen and oxygen atoms in total. The molecule has 1 heterocycles. The summed E-state index contributed by atoms with van der Waals surface area (Å²) in [5.74, 6) is 1.25. The summed E-state index contributed by atoms with van der Waals surface area (Å²) in [5.41, 5.74) is 1.29. The monoisotopic (exact) mass is 476 g/mol. The van der Waals surface area contributed by atoms with Gasteiger partial charge in [0, 0.05) is 22.5 Å². The summed E-state index contributed by atoms with van der Waals surface area (Å²) in [6.07, 6.45) is 5.35. The molecule has 4 atom stereocenters. The first-order valence-corrected chi connectivity index (χ1v) is 11.7. The lowest BCUT2D eigenvalue weighted by atomic mass is 9.70. The average Bonchev–Trinajstić information content (AvgIpc) is 3.33. The fraction of sp³-hybridized carbons (Fsp3) is 0.357. The SMILES string of the molecule is COC1=C[C@@]2(C=CC1=O)C[C@@H](C)[C@H](C)[C@H](OC(=O)c1ccccc1)c1cc3c(c(OC)c12)OCO3. The number of ketones is 1. The van der Waals surface area contributed by atoms with E-state index >= 15 is 0 Å². The number of hydrogen-bond donors (Lipinski definition) is 0. The standard InChI is InChI=1S/C28H28O7/c1-16-13-28(11-10-20(29)22(14-28)31-3)23-19(12-21-25(26(23)32-4)34-15-33-21)24(17(16)2)35-27(30)18-8-6-5-7-9-18/h5-12,14,16-17,24H,13,15H2,1-4H3/t16-,17+,24+,28-/m1/s1. The Bertz CT molecular complexity index is 1230. The molecule has 0 saturated carbocycles. The lowest BCUT2D eigenvalue weighted by Gasteiger charge is -2.34. The van der Waals surface area contributed by atoms with Crippen molar-refractivity contribution in [3.05, 3.63) is 77.1 Å². The van der Waals surface area contributed by atoms with Crippen molar-refractivity contribution in [1.82, 2.24) is 0 Å². The second-order valence-corrected chi connectivity index (χ2v) is 9.29. The number of esters is 1. The average molecular weight is 477 g/mol. The van der Waals surface area contributed by atoms with Crippen LogP contribution in [0.3, 0.4) is 0 Å². The highest BCUT2D eigenvalue weighted by Gasteiger charge is 2.47. The molecule has 0 bridgehead atoms. The van der Waals surface area contributed by atoms with Crippen LogP contribution in [0.5, 0.6) is 17.2 Å². The molecule has 0 unspecified atom stereocenters. The van der Waals surface area contributed by atoms with E-state index in [9.17, 15) is 9.59 Å². The molecule has 3 aliphatic rings. The zero-order valence-corrected chi connectivity index (χ0v) is 20.2. The molecule has 0 saturated heterocycles. The molecule has 2 aromatic rings. The van der Waals surface area contributed by atoms with Crippen LogP contribution < -0.4 is 14.2 Å². The minimum Gasteiger partial charge on any atom is -0.493 e. The van der Waals surface area contributed by atoms with Crippen LogP contribution in [0.15, 0.2) is 60.4 Å². The van der Waals surface area contributed by atoms with Crippen molar-refractivity contribution >= 4 is 11.8 Å². The van der Waals surface area contributed by atoms with Crippen molar-refractivity contribution in [2.24, 2.45) is 11.8 Å². The van der Waals surface area contributed by atoms with Gasteiger partial charge in [0.25, 0.3) is 0 Å². The number of benzene rings is 2. The first kappa shape index (κ1) is 23.0. The highest BCUT2D eigenvalue weighted by molar-refractivity contribution is 6.04. The molecule has 1 spiro atoms. The van der Waals surface area contributed by atoms with Gasteiger partial charge in [0.05, 0.1) is 19.8 Å². The van der Waals surface area contributed by atoms with Gasteiger partial charge in [-0.15, -0.1) is 0 Å². The lowest BCUT2D eigenvalue weighted by molar-refractivity contribution is -0.114. The lowest BCUT2D eigenvalue weighted by Crippen LogP contribution is -2.29. The summed E-state index contributed by atoms with van der Waals surface area (Å²) in [4.78, 5) is 25.7. The maximum atomic E-state index is 13.2. The Kier molecular flexibility index (Phi) is 5.79. The van der Waals surface area contributed by atoms with Crippen molar-refractivity contribution in [3.8, 4) is 17.2 Å². The number of fused-ring (bicyclic) bond motifs is 3. The molecular formula is C28H28O7. The van der Waals surface area contributed by atoms with Gasteiger partial charge in [-0.05, 0) is 42.7 Å². The van der Waals surface area contributed by atoms with Crippen LogP contribution in [-0.2, 0) is 19.7 Å². The van der Waals surface area contributed by atoms with Crippen molar-refractivity contribution < 1.29 is 33.3 Å². The molecule has 5 rings (SSSR count). The van der Waals surface area contributed by atoms with Gasteiger partial charge in [-0.25, -0.2) is 4.79 Å². The van der Waals surface area contributed by atoms with Crippen LogP contribution in [-0.4, -0.2) is 32.8 Å². The third kappa shape index (κ3) is 3.75. The summed E-state index contributed by atoms with van der Waals surface area (Å²) >= 11 is 0. The second kappa shape index (κ2) is 8.80. The quantitative estimate of drug-likeness (QED) is 0.581. The van der Waals surface area contributed by atoms with Crippen molar-refractivity contribution in [2.75, 3.05) is 21.0 Å². The number of carbonyl (C=O) groups excluding carboxylic acids is 2. The normalized spacial score (nSPS) is 26.6. The van der Waals surface area contributed by atoms with Crippen molar-refractivity contribution in [1.29, 1.82) is 0 Å². The van der Waals surface area contributed by atoms with Crippen LogP contribution in [0.2, 0.25) is 0 Å². The number of allylic oxidation sites excluding steroid dienone is 3. The van der Waals surface area contributed by atoms with Crippen molar-refractivity contribution in [2.45, 2.75) is 31.8 Å². The first-order chi connectivity index (χ1) is 16.9. The Morgan fingerprint density at radius 3 is 2.57 bits per heavy atom. The Labute approximate surface area is 204 Å². The molecule has 0 radical (unpaired) electrons. The van der Waals surface area contributed by atoms with Gasteiger partial charge < -0.3 is 23.7 Å². The van der Waals surface area contributed by atoms with E-state index in [1.807, 2.05) is 24.3 Å². The summed E-state index contributed by atoms with van der Waals surface area (Å²) in [5, 5.41) is 0. The van der Waals surface area contributed by atoms with E-state index in [0.717, 1.165) is 11.1 Å². The van der Waals surface area contributed by atoms with Gasteiger partial charge in [-0.2, -0.15) is 0 Å². The topological polar surface area (TPSA) is 80.3 Å². The Hall–Kier alpha value is -3.74. The second-order valence-electron chi connectivity index (χ2n) is 9.29. The van der Waals surface area contributed by atoms with Gasteiger partial charge >= 0.3 is 5.97 Å². The van der Waals surface area contributed by atoms with Gasteiger partial charge in [0.15, 0.2) is 17.3 Å². The molecule has 7 heteroatoms. The number of ether oxygens (including phenoxy) is 5. The number of carbonyl (C=O) groups is 2. The van der Waals surface area contributed by atoms with Gasteiger partial charge in [0.1, 0.15) is 6.10 Å². The van der Waals surface area contributed by atoms with E-state index < -0.39 is 17.5 Å². The molecule has 182 valence electrons. The minimum atomic E-state index is -0.734. The van der Waals surface area contributed by atoms with E-state index in [-0.39, 0.29) is 30.2 Å². The Balaban J connectivity index is 1.74. The molecule has 35 heavy (non-hydrogen) atoms. The fourth-order valence-electron chi connectivity index (χ4n) is 5.36. The predicted molar refractivity (Wildman–Crippen MR) is 128 cm³/mol. The predicted octanol–water partition coefficient (Wildman–Crippen LogP) is 4.90. The van der Waals surface area contributed by atoms with Crippen LogP contribution in [0.4, 0.5) is 0 Å². The number of methoxy groups -OCH3 is 2. The van der Waals surface area contributed by atoms with Crippen LogP contribution in [0, 0.1) is 11.8 Å². The zero-order valence-electron chi connectivity index (χ0n) is 20.2. The maximum Gasteiger partial charge on any atom is 0.338 e. The Morgan fingerprint density at radius 2 is 1.86 bits per heavy atom. The van der Waals surface area contributed by atoms with Gasteiger partial charge in [-0.1, -0.05) is 38.1 Å². The molecule has 0 fully saturated rings. The van der Waals surface area contributed by atoms with Gasteiger partial charge in [-0.3, -0.25) is 4.79 Å². The van der Waals surface area contributed by atoms with E-state index in [1.165, 1.54) is 7.11 Å². The van der Waals surface area contributed by atoms with E-state index in [2.05, 4.69) is 13.8 Å². The van der Waals surface area contributed by atoms with E-state index in [1.54, 1.807) is 37.5 Å². The first-order valence-electron chi connectivity index (χ1n) is 11.7. The summed E-state index contributed by atoms with van der Waals surface area (Å²) in [6, 6.07) is 10.8. The summed E-state index contributed by atoms with van der Waals surface area (Å²) < 4.78 is 29.1. The molecule has 0 aromatic heterocycles. The number of rotatable bonds is 4. The smallest absolute Gasteiger partial charge is 0.338 e. The number of hydrogen-bond acceptors (Lipinski definition) is 7. The van der Waals surface area contributed by atoms with Crippen LogP contribution >= 0.6 is 0 Å². The fourth-order valence-corrected chi connectivity index (χ4v) is 5.36. The van der Waals surface area contributed by atoms with E-state index in [0.29, 0.717) is 29.2 Å².